The standard InChI is InChI=1S/C18H19ClN2O/c19-16-8-6-14(7-9-16)15-10-12-21(13-11-15)18(22)20-17-4-2-1-3-5-17/h1-9,15H,10-13H2,(H,20,22). The zero-order valence-corrected chi connectivity index (χ0v) is 13.1. The molecule has 2 amide bonds. The number of hydrogen-bond acceptors (Lipinski definition) is 1. The monoisotopic (exact) mass is 314 g/mol. The molecule has 0 aliphatic carbocycles. The average Bonchev–Trinajstić information content (AvgIpc) is 2.57. The van der Waals surface area contributed by atoms with Crippen molar-refractivity contribution in [3.63, 3.8) is 0 Å². The van der Waals surface area contributed by atoms with E-state index in [0.717, 1.165) is 36.6 Å². The molecule has 0 bridgehead atoms. The van der Waals surface area contributed by atoms with Gasteiger partial charge in [-0.1, -0.05) is 41.9 Å². The van der Waals surface area contributed by atoms with Crippen LogP contribution in [0.2, 0.25) is 5.02 Å². The van der Waals surface area contributed by atoms with E-state index in [2.05, 4.69) is 17.4 Å². The Labute approximate surface area is 135 Å². The molecule has 1 aliphatic heterocycles. The van der Waals surface area contributed by atoms with Gasteiger partial charge in [0.05, 0.1) is 0 Å². The number of nitrogens with zero attached hydrogens (tertiary/aromatic N) is 1. The van der Waals surface area contributed by atoms with Gasteiger partial charge in [0.15, 0.2) is 0 Å². The van der Waals surface area contributed by atoms with Gasteiger partial charge >= 0.3 is 6.03 Å². The van der Waals surface area contributed by atoms with Gasteiger partial charge in [0.25, 0.3) is 0 Å². The Bertz CT molecular complexity index is 619. The van der Waals surface area contributed by atoms with Crippen molar-refractivity contribution in [3.05, 3.63) is 65.2 Å². The molecule has 1 N–H and O–H groups in total. The molecule has 2 aromatic rings. The predicted molar refractivity (Wildman–Crippen MR) is 90.5 cm³/mol. The quantitative estimate of drug-likeness (QED) is 0.852. The Hall–Kier alpha value is -2.00. The van der Waals surface area contributed by atoms with Crippen molar-refractivity contribution >= 4 is 23.3 Å². The number of rotatable bonds is 2. The maximum atomic E-state index is 12.3. The number of carbonyl (C=O) groups excluding carboxylic acids is 1. The van der Waals surface area contributed by atoms with Crippen LogP contribution < -0.4 is 5.32 Å². The second-order valence-electron chi connectivity index (χ2n) is 5.61. The number of amides is 2. The van der Waals surface area contributed by atoms with Crippen LogP contribution in [0.1, 0.15) is 24.3 Å². The highest BCUT2D eigenvalue weighted by Crippen LogP contribution is 2.29. The summed E-state index contributed by atoms with van der Waals surface area (Å²) in [6.45, 7) is 1.57. The summed E-state index contributed by atoms with van der Waals surface area (Å²) in [6, 6.07) is 17.6. The van der Waals surface area contributed by atoms with Gasteiger partial charge in [0.2, 0.25) is 0 Å². The van der Waals surface area contributed by atoms with E-state index in [1.54, 1.807) is 0 Å². The molecule has 3 rings (SSSR count). The lowest BCUT2D eigenvalue weighted by Crippen LogP contribution is -2.40. The highest BCUT2D eigenvalue weighted by atomic mass is 35.5. The van der Waals surface area contributed by atoms with Crippen molar-refractivity contribution in [1.82, 2.24) is 4.90 Å². The predicted octanol–water partition coefficient (Wildman–Crippen LogP) is 4.75. The third-order valence-corrected chi connectivity index (χ3v) is 4.40. The first-order chi connectivity index (χ1) is 10.7. The second kappa shape index (κ2) is 6.84. The molecule has 22 heavy (non-hydrogen) atoms. The lowest BCUT2D eigenvalue weighted by molar-refractivity contribution is 0.194. The molecule has 1 fully saturated rings. The third-order valence-electron chi connectivity index (χ3n) is 4.15. The van der Waals surface area contributed by atoms with Gasteiger partial charge in [-0.15, -0.1) is 0 Å². The Balaban J connectivity index is 1.55. The first kappa shape index (κ1) is 14.9. The van der Waals surface area contributed by atoms with Gasteiger partial charge in [0.1, 0.15) is 0 Å². The minimum absolute atomic E-state index is 0.0132. The van der Waals surface area contributed by atoms with E-state index >= 15 is 0 Å². The van der Waals surface area contributed by atoms with E-state index in [9.17, 15) is 4.79 Å². The van der Waals surface area contributed by atoms with E-state index in [1.165, 1.54) is 5.56 Å². The minimum atomic E-state index is -0.0132. The molecule has 4 heteroatoms. The van der Waals surface area contributed by atoms with Crippen LogP contribution in [-0.4, -0.2) is 24.0 Å². The summed E-state index contributed by atoms with van der Waals surface area (Å²) in [5.74, 6) is 0.512. The molecule has 0 radical (unpaired) electrons. The molecule has 114 valence electrons. The van der Waals surface area contributed by atoms with Crippen molar-refractivity contribution < 1.29 is 4.79 Å². The van der Waals surface area contributed by atoms with E-state index in [-0.39, 0.29) is 6.03 Å². The number of carbonyl (C=O) groups is 1. The molecule has 1 heterocycles. The van der Waals surface area contributed by atoms with Crippen LogP contribution in [0.3, 0.4) is 0 Å². The van der Waals surface area contributed by atoms with Crippen LogP contribution in [0.15, 0.2) is 54.6 Å². The zero-order valence-electron chi connectivity index (χ0n) is 12.3. The molecule has 1 saturated heterocycles. The van der Waals surface area contributed by atoms with E-state index in [4.69, 9.17) is 11.6 Å². The number of hydrogen-bond donors (Lipinski definition) is 1. The van der Waals surface area contributed by atoms with E-state index < -0.39 is 0 Å². The molecule has 2 aromatic carbocycles. The molecule has 1 aliphatic rings. The van der Waals surface area contributed by atoms with E-state index in [1.807, 2.05) is 47.4 Å². The summed E-state index contributed by atoms with van der Waals surface area (Å²) in [6.07, 6.45) is 1.98. The van der Waals surface area contributed by atoms with E-state index in [0.29, 0.717) is 5.92 Å². The highest BCUT2D eigenvalue weighted by molar-refractivity contribution is 6.30. The maximum Gasteiger partial charge on any atom is 0.321 e. The third kappa shape index (κ3) is 3.60. The highest BCUT2D eigenvalue weighted by Gasteiger charge is 2.23. The van der Waals surface area contributed by atoms with Crippen molar-refractivity contribution in [2.24, 2.45) is 0 Å². The Morgan fingerprint density at radius 2 is 1.64 bits per heavy atom. The summed E-state index contributed by atoms with van der Waals surface area (Å²) < 4.78 is 0. The Kier molecular flexibility index (Phi) is 4.64. The number of anilines is 1. The maximum absolute atomic E-state index is 12.3. The molecule has 0 aromatic heterocycles. The molecule has 0 unspecified atom stereocenters. The summed E-state index contributed by atoms with van der Waals surface area (Å²) >= 11 is 5.93. The SMILES string of the molecule is O=C(Nc1ccccc1)N1CCC(c2ccc(Cl)cc2)CC1. The van der Waals surface area contributed by atoms with Gasteiger partial charge in [-0.2, -0.15) is 0 Å². The molecule has 3 nitrogen and oxygen atoms in total. The van der Waals surface area contributed by atoms with Gasteiger partial charge in [-0.3, -0.25) is 0 Å². The largest absolute Gasteiger partial charge is 0.324 e. The minimum Gasteiger partial charge on any atom is -0.324 e. The first-order valence-corrected chi connectivity index (χ1v) is 7.96. The molecule has 0 atom stereocenters. The van der Waals surface area contributed by atoms with Crippen LogP contribution in [0.25, 0.3) is 0 Å². The van der Waals surface area contributed by atoms with Crippen LogP contribution >= 0.6 is 11.6 Å². The first-order valence-electron chi connectivity index (χ1n) is 7.59. The second-order valence-corrected chi connectivity index (χ2v) is 6.05. The normalized spacial score (nSPS) is 15.6. The van der Waals surface area contributed by atoms with Crippen molar-refractivity contribution in [1.29, 1.82) is 0 Å². The van der Waals surface area contributed by atoms with Gasteiger partial charge in [-0.05, 0) is 48.6 Å². The summed E-state index contributed by atoms with van der Waals surface area (Å²) in [5.41, 5.74) is 2.15. The number of halogens is 1. The fourth-order valence-electron chi connectivity index (χ4n) is 2.87. The number of benzene rings is 2. The van der Waals surface area contributed by atoms with Crippen LogP contribution in [0.5, 0.6) is 0 Å². The zero-order chi connectivity index (χ0) is 15.4. The lowest BCUT2D eigenvalue weighted by atomic mass is 9.89. The summed E-state index contributed by atoms with van der Waals surface area (Å²) in [4.78, 5) is 14.1. The van der Waals surface area contributed by atoms with Gasteiger partial charge in [-0.25, -0.2) is 4.79 Å². The molecular weight excluding hydrogens is 296 g/mol. The smallest absolute Gasteiger partial charge is 0.321 e. The average molecular weight is 315 g/mol. The van der Waals surface area contributed by atoms with Crippen molar-refractivity contribution in [3.8, 4) is 0 Å². The number of piperidine rings is 1. The fraction of sp³-hybridized carbons (Fsp3) is 0.278. The number of para-hydroxylation sites is 1. The van der Waals surface area contributed by atoms with Gasteiger partial charge in [0, 0.05) is 23.8 Å². The number of likely N-dealkylation sites (tertiary alicyclic amines) is 1. The summed E-state index contributed by atoms with van der Waals surface area (Å²) in [7, 11) is 0. The topological polar surface area (TPSA) is 32.3 Å². The lowest BCUT2D eigenvalue weighted by Gasteiger charge is -2.32. The summed E-state index contributed by atoms with van der Waals surface area (Å²) in [5, 5.41) is 3.71. The van der Waals surface area contributed by atoms with Crippen molar-refractivity contribution in [2.75, 3.05) is 18.4 Å². The van der Waals surface area contributed by atoms with Crippen molar-refractivity contribution in [2.45, 2.75) is 18.8 Å². The Morgan fingerprint density at radius 1 is 1.00 bits per heavy atom. The van der Waals surface area contributed by atoms with Crippen LogP contribution in [-0.2, 0) is 0 Å². The molecule has 0 saturated carbocycles. The van der Waals surface area contributed by atoms with Crippen LogP contribution in [0.4, 0.5) is 10.5 Å². The van der Waals surface area contributed by atoms with Gasteiger partial charge < -0.3 is 10.2 Å². The Morgan fingerprint density at radius 3 is 2.27 bits per heavy atom. The van der Waals surface area contributed by atoms with Crippen LogP contribution in [0, 0.1) is 0 Å². The number of urea groups is 1. The molecular formula is C18H19ClN2O. The molecule has 0 spiro atoms. The fourth-order valence-corrected chi connectivity index (χ4v) is 3.00. The number of nitrogens with one attached hydrogen (secondary N) is 1.